The lowest BCUT2D eigenvalue weighted by molar-refractivity contribution is 0.184. The zero-order chi connectivity index (χ0) is 11.3. The van der Waals surface area contributed by atoms with Crippen molar-refractivity contribution >= 4 is 11.6 Å². The average Bonchev–Trinajstić information content (AvgIpc) is 2.18. The summed E-state index contributed by atoms with van der Waals surface area (Å²) >= 11 is 5.93. The van der Waals surface area contributed by atoms with Gasteiger partial charge < -0.3 is 10.5 Å². The molecule has 0 aliphatic carbocycles. The molecule has 1 unspecified atom stereocenters. The molecule has 84 valence electrons. The van der Waals surface area contributed by atoms with Crippen molar-refractivity contribution in [1.29, 1.82) is 0 Å². The number of hydrogen-bond donors (Lipinski definition) is 1. The van der Waals surface area contributed by atoms with Crippen LogP contribution in [0.4, 0.5) is 0 Å². The molecule has 0 aromatic heterocycles. The lowest BCUT2D eigenvalue weighted by Crippen LogP contribution is -2.33. The highest BCUT2D eigenvalue weighted by Crippen LogP contribution is 2.25. The quantitative estimate of drug-likeness (QED) is 0.785. The number of methoxy groups -OCH3 is 1. The molecule has 0 aliphatic heterocycles. The Kier molecular flexibility index (Phi) is 4.58. The van der Waals surface area contributed by atoms with Gasteiger partial charge in [-0.2, -0.15) is 0 Å². The molecule has 0 heterocycles. The summed E-state index contributed by atoms with van der Waals surface area (Å²) in [6.07, 6.45) is 1.84. The Morgan fingerprint density at radius 2 is 2.20 bits per heavy atom. The molecule has 0 saturated heterocycles. The van der Waals surface area contributed by atoms with Crippen LogP contribution in [0.5, 0.6) is 0 Å². The van der Waals surface area contributed by atoms with Gasteiger partial charge in [0, 0.05) is 24.3 Å². The van der Waals surface area contributed by atoms with Gasteiger partial charge in [-0.1, -0.05) is 23.7 Å². The van der Waals surface area contributed by atoms with E-state index in [4.69, 9.17) is 22.1 Å². The highest BCUT2D eigenvalue weighted by molar-refractivity contribution is 6.30. The normalized spacial score (nSPS) is 14.9. The first-order chi connectivity index (χ1) is 7.06. The van der Waals surface area contributed by atoms with E-state index in [-0.39, 0.29) is 5.54 Å². The van der Waals surface area contributed by atoms with Crippen LogP contribution in [0.2, 0.25) is 5.02 Å². The zero-order valence-corrected chi connectivity index (χ0v) is 10.1. The number of ether oxygens (including phenoxy) is 1. The van der Waals surface area contributed by atoms with Crippen LogP contribution < -0.4 is 5.73 Å². The fraction of sp³-hybridized carbons (Fsp3) is 0.500. The predicted octanol–water partition coefficient (Wildman–Crippen LogP) is 2.94. The lowest BCUT2D eigenvalue weighted by Gasteiger charge is -2.25. The average molecular weight is 228 g/mol. The molecule has 0 fully saturated rings. The smallest absolute Gasteiger partial charge is 0.0463 e. The van der Waals surface area contributed by atoms with E-state index in [1.54, 1.807) is 7.11 Å². The Hall–Kier alpha value is -0.570. The fourth-order valence-electron chi connectivity index (χ4n) is 1.57. The van der Waals surface area contributed by atoms with E-state index >= 15 is 0 Å². The van der Waals surface area contributed by atoms with E-state index in [2.05, 4.69) is 0 Å². The van der Waals surface area contributed by atoms with Gasteiger partial charge in [0.05, 0.1) is 0 Å². The maximum absolute atomic E-state index is 6.23. The number of hydrogen-bond acceptors (Lipinski definition) is 2. The van der Waals surface area contributed by atoms with Crippen molar-refractivity contribution in [3.05, 3.63) is 34.9 Å². The highest BCUT2D eigenvalue weighted by Gasteiger charge is 2.20. The minimum atomic E-state index is -0.330. The van der Waals surface area contributed by atoms with Crippen LogP contribution >= 0.6 is 11.6 Å². The molecular weight excluding hydrogens is 210 g/mol. The molecular formula is C12H18ClNO. The summed E-state index contributed by atoms with van der Waals surface area (Å²) < 4.78 is 5.02. The maximum atomic E-state index is 6.23. The largest absolute Gasteiger partial charge is 0.385 e. The van der Waals surface area contributed by atoms with Gasteiger partial charge in [-0.15, -0.1) is 0 Å². The lowest BCUT2D eigenvalue weighted by atomic mass is 9.89. The van der Waals surface area contributed by atoms with E-state index in [0.29, 0.717) is 0 Å². The van der Waals surface area contributed by atoms with Gasteiger partial charge >= 0.3 is 0 Å². The molecule has 2 N–H and O–H groups in total. The van der Waals surface area contributed by atoms with Crippen molar-refractivity contribution < 1.29 is 4.74 Å². The van der Waals surface area contributed by atoms with Crippen LogP contribution in [0, 0.1) is 0 Å². The second-order valence-corrected chi connectivity index (χ2v) is 4.46. The van der Waals surface area contributed by atoms with Crippen molar-refractivity contribution in [2.75, 3.05) is 13.7 Å². The van der Waals surface area contributed by atoms with Crippen LogP contribution in [0.1, 0.15) is 25.3 Å². The van der Waals surface area contributed by atoms with Crippen LogP contribution in [-0.4, -0.2) is 13.7 Å². The van der Waals surface area contributed by atoms with Gasteiger partial charge in [-0.3, -0.25) is 0 Å². The standard InChI is InChI=1S/C12H18ClNO/c1-12(14,7-4-8-15-2)10-5-3-6-11(13)9-10/h3,5-6,9H,4,7-8,14H2,1-2H3. The van der Waals surface area contributed by atoms with Crippen LogP contribution in [0.15, 0.2) is 24.3 Å². The fourth-order valence-corrected chi connectivity index (χ4v) is 1.76. The van der Waals surface area contributed by atoms with E-state index in [1.807, 2.05) is 31.2 Å². The highest BCUT2D eigenvalue weighted by atomic mass is 35.5. The zero-order valence-electron chi connectivity index (χ0n) is 9.29. The summed E-state index contributed by atoms with van der Waals surface area (Å²) in [5.41, 5.74) is 6.98. The van der Waals surface area contributed by atoms with Crippen molar-refractivity contribution in [2.45, 2.75) is 25.3 Å². The number of rotatable bonds is 5. The topological polar surface area (TPSA) is 35.2 Å². The number of benzene rings is 1. The van der Waals surface area contributed by atoms with Gasteiger partial charge in [0.2, 0.25) is 0 Å². The third-order valence-electron chi connectivity index (χ3n) is 2.53. The van der Waals surface area contributed by atoms with Crippen LogP contribution in [0.3, 0.4) is 0 Å². The van der Waals surface area contributed by atoms with Crippen molar-refractivity contribution in [3.63, 3.8) is 0 Å². The van der Waals surface area contributed by atoms with Gasteiger partial charge in [-0.05, 0) is 37.5 Å². The first kappa shape index (κ1) is 12.5. The predicted molar refractivity (Wildman–Crippen MR) is 64.1 cm³/mol. The van der Waals surface area contributed by atoms with Crippen molar-refractivity contribution in [3.8, 4) is 0 Å². The Morgan fingerprint density at radius 1 is 1.47 bits per heavy atom. The van der Waals surface area contributed by atoms with Gasteiger partial charge in [-0.25, -0.2) is 0 Å². The molecule has 0 saturated carbocycles. The summed E-state index contributed by atoms with van der Waals surface area (Å²) in [6.45, 7) is 2.77. The monoisotopic (exact) mass is 227 g/mol. The molecule has 0 radical (unpaired) electrons. The number of nitrogens with two attached hydrogens (primary N) is 1. The molecule has 1 aromatic rings. The minimum absolute atomic E-state index is 0.330. The van der Waals surface area contributed by atoms with Crippen molar-refractivity contribution in [2.24, 2.45) is 5.73 Å². The maximum Gasteiger partial charge on any atom is 0.0463 e. The molecule has 0 spiro atoms. The molecule has 2 nitrogen and oxygen atoms in total. The Balaban J connectivity index is 2.67. The molecule has 3 heteroatoms. The molecule has 0 aliphatic rings. The second-order valence-electron chi connectivity index (χ2n) is 4.02. The Morgan fingerprint density at radius 3 is 2.80 bits per heavy atom. The summed E-state index contributed by atoms with van der Waals surface area (Å²) in [7, 11) is 1.70. The molecule has 0 amide bonds. The first-order valence-electron chi connectivity index (χ1n) is 5.10. The molecule has 0 bridgehead atoms. The van der Waals surface area contributed by atoms with Crippen LogP contribution in [-0.2, 0) is 10.3 Å². The third kappa shape index (κ3) is 3.82. The van der Waals surface area contributed by atoms with Gasteiger partial charge in [0.15, 0.2) is 0 Å². The summed E-state index contributed by atoms with van der Waals surface area (Å²) in [4.78, 5) is 0. The van der Waals surface area contributed by atoms with Gasteiger partial charge in [0.25, 0.3) is 0 Å². The summed E-state index contributed by atoms with van der Waals surface area (Å²) in [5.74, 6) is 0. The summed E-state index contributed by atoms with van der Waals surface area (Å²) in [6, 6.07) is 7.72. The SMILES string of the molecule is COCCCC(C)(N)c1cccc(Cl)c1. The van der Waals surface area contributed by atoms with Gasteiger partial charge in [0.1, 0.15) is 0 Å². The van der Waals surface area contributed by atoms with E-state index < -0.39 is 0 Å². The van der Waals surface area contributed by atoms with Crippen molar-refractivity contribution in [1.82, 2.24) is 0 Å². The van der Waals surface area contributed by atoms with E-state index in [1.165, 1.54) is 0 Å². The summed E-state index contributed by atoms with van der Waals surface area (Å²) in [5, 5.41) is 0.732. The molecule has 1 aromatic carbocycles. The minimum Gasteiger partial charge on any atom is -0.385 e. The molecule has 15 heavy (non-hydrogen) atoms. The van der Waals surface area contributed by atoms with E-state index in [9.17, 15) is 0 Å². The second kappa shape index (κ2) is 5.50. The first-order valence-corrected chi connectivity index (χ1v) is 5.48. The Labute approximate surface area is 96.4 Å². The molecule has 1 rings (SSSR count). The Bertz CT molecular complexity index is 312. The van der Waals surface area contributed by atoms with E-state index in [0.717, 1.165) is 30.0 Å². The number of halogens is 1. The molecule has 1 atom stereocenters. The van der Waals surface area contributed by atoms with Crippen LogP contribution in [0.25, 0.3) is 0 Å². The third-order valence-corrected chi connectivity index (χ3v) is 2.76.